The van der Waals surface area contributed by atoms with Crippen LogP contribution in [0.5, 0.6) is 11.5 Å². The highest BCUT2D eigenvalue weighted by atomic mass is 32.1. The SMILES string of the molecule is CCOc1ccc(/C=C2/C(=O)N(CC(=O)OC)C(=S)N2C)c(OCC)c1. The van der Waals surface area contributed by atoms with Crippen molar-refractivity contribution in [2.75, 3.05) is 33.9 Å². The number of thiocarbonyl (C=S) groups is 1. The van der Waals surface area contributed by atoms with Gasteiger partial charge in [-0.2, -0.15) is 0 Å². The van der Waals surface area contributed by atoms with Crippen LogP contribution in [0.15, 0.2) is 23.9 Å². The number of nitrogens with zero attached hydrogens (tertiary/aromatic N) is 2. The second kappa shape index (κ2) is 8.66. The molecule has 1 saturated heterocycles. The maximum Gasteiger partial charge on any atom is 0.325 e. The van der Waals surface area contributed by atoms with Crippen LogP contribution >= 0.6 is 12.2 Å². The minimum atomic E-state index is -0.536. The molecule has 140 valence electrons. The van der Waals surface area contributed by atoms with Crippen molar-refractivity contribution in [3.63, 3.8) is 0 Å². The van der Waals surface area contributed by atoms with E-state index in [0.29, 0.717) is 36.0 Å². The molecule has 0 spiro atoms. The Morgan fingerprint density at radius 3 is 2.54 bits per heavy atom. The fourth-order valence-electron chi connectivity index (χ4n) is 2.46. The molecular formula is C18H22N2O5S. The predicted molar refractivity (Wildman–Crippen MR) is 101 cm³/mol. The molecule has 0 aliphatic carbocycles. The highest BCUT2D eigenvalue weighted by Gasteiger charge is 2.37. The summed E-state index contributed by atoms with van der Waals surface area (Å²) in [6.45, 7) is 4.58. The molecule has 7 nitrogen and oxygen atoms in total. The molecule has 0 radical (unpaired) electrons. The van der Waals surface area contributed by atoms with Crippen molar-refractivity contribution in [1.82, 2.24) is 9.80 Å². The number of esters is 1. The first kappa shape index (κ1) is 19.7. The molecule has 0 unspecified atom stereocenters. The van der Waals surface area contributed by atoms with Crippen molar-refractivity contribution in [2.24, 2.45) is 0 Å². The van der Waals surface area contributed by atoms with Crippen LogP contribution in [-0.4, -0.2) is 60.7 Å². The lowest BCUT2D eigenvalue weighted by atomic mass is 10.1. The van der Waals surface area contributed by atoms with E-state index in [-0.39, 0.29) is 17.6 Å². The maximum absolute atomic E-state index is 12.7. The number of hydrogen-bond acceptors (Lipinski definition) is 6. The molecule has 0 N–H and O–H groups in total. The van der Waals surface area contributed by atoms with E-state index < -0.39 is 5.97 Å². The average Bonchev–Trinajstić information content (AvgIpc) is 2.82. The topological polar surface area (TPSA) is 68.3 Å². The number of rotatable bonds is 7. The lowest BCUT2D eigenvalue weighted by molar-refractivity contribution is -0.143. The van der Waals surface area contributed by atoms with Gasteiger partial charge in [0.25, 0.3) is 5.91 Å². The van der Waals surface area contributed by atoms with E-state index in [0.717, 1.165) is 0 Å². The fraction of sp³-hybridized carbons (Fsp3) is 0.389. The number of methoxy groups -OCH3 is 1. The number of hydrogen-bond donors (Lipinski definition) is 0. The third-order valence-corrected chi connectivity index (χ3v) is 4.24. The number of carbonyl (C=O) groups is 2. The van der Waals surface area contributed by atoms with E-state index >= 15 is 0 Å². The molecule has 1 heterocycles. The van der Waals surface area contributed by atoms with Gasteiger partial charge in [-0.3, -0.25) is 14.5 Å². The largest absolute Gasteiger partial charge is 0.494 e. The smallest absolute Gasteiger partial charge is 0.325 e. The molecule has 1 aliphatic heterocycles. The van der Waals surface area contributed by atoms with E-state index in [2.05, 4.69) is 4.74 Å². The summed E-state index contributed by atoms with van der Waals surface area (Å²) in [5.41, 5.74) is 1.07. The van der Waals surface area contributed by atoms with Crippen molar-refractivity contribution in [3.8, 4) is 11.5 Å². The lowest BCUT2D eigenvalue weighted by Crippen LogP contribution is -2.36. The van der Waals surface area contributed by atoms with Gasteiger partial charge in [0.05, 0.1) is 20.3 Å². The lowest BCUT2D eigenvalue weighted by Gasteiger charge is -2.14. The molecule has 1 aromatic carbocycles. The third kappa shape index (κ3) is 4.13. The third-order valence-electron chi connectivity index (χ3n) is 3.75. The van der Waals surface area contributed by atoms with Crippen molar-refractivity contribution in [3.05, 3.63) is 29.5 Å². The summed E-state index contributed by atoms with van der Waals surface area (Å²) >= 11 is 5.27. The first-order valence-corrected chi connectivity index (χ1v) is 8.61. The van der Waals surface area contributed by atoms with Gasteiger partial charge < -0.3 is 19.1 Å². The first-order valence-electron chi connectivity index (χ1n) is 8.20. The minimum Gasteiger partial charge on any atom is -0.494 e. The van der Waals surface area contributed by atoms with Gasteiger partial charge in [-0.15, -0.1) is 0 Å². The highest BCUT2D eigenvalue weighted by Crippen LogP contribution is 2.30. The Balaban J connectivity index is 2.37. The summed E-state index contributed by atoms with van der Waals surface area (Å²) in [7, 11) is 2.94. The molecule has 0 atom stereocenters. The van der Waals surface area contributed by atoms with E-state index in [4.69, 9.17) is 21.7 Å². The predicted octanol–water partition coefficient (Wildman–Crippen LogP) is 2.06. The second-order valence-electron chi connectivity index (χ2n) is 5.40. The van der Waals surface area contributed by atoms with Gasteiger partial charge in [0.1, 0.15) is 23.7 Å². The second-order valence-corrected chi connectivity index (χ2v) is 5.77. The van der Waals surface area contributed by atoms with E-state index in [1.165, 1.54) is 12.0 Å². The normalized spacial score (nSPS) is 15.6. The number of ether oxygens (including phenoxy) is 3. The molecule has 26 heavy (non-hydrogen) atoms. The Morgan fingerprint density at radius 1 is 1.23 bits per heavy atom. The standard InChI is InChI=1S/C18H22N2O5S/c1-5-24-13-8-7-12(15(10-13)25-6-2)9-14-17(22)20(11-16(21)23-4)18(26)19(14)3/h7-10H,5-6,11H2,1-4H3/b14-9-. The Hall–Kier alpha value is -2.61. The quantitative estimate of drug-likeness (QED) is 0.409. The Bertz CT molecular complexity index is 747. The molecule has 1 aliphatic rings. The Labute approximate surface area is 158 Å². The fourth-order valence-corrected chi connectivity index (χ4v) is 2.71. The monoisotopic (exact) mass is 378 g/mol. The zero-order chi connectivity index (χ0) is 19.3. The molecule has 1 amide bonds. The average molecular weight is 378 g/mol. The van der Waals surface area contributed by atoms with Crippen molar-refractivity contribution in [1.29, 1.82) is 0 Å². The van der Waals surface area contributed by atoms with Crippen LogP contribution in [0.3, 0.4) is 0 Å². The van der Waals surface area contributed by atoms with Gasteiger partial charge >= 0.3 is 5.97 Å². The van der Waals surface area contributed by atoms with E-state index in [9.17, 15) is 9.59 Å². The summed E-state index contributed by atoms with van der Waals surface area (Å²) < 4.78 is 15.8. The Morgan fingerprint density at radius 2 is 1.92 bits per heavy atom. The zero-order valence-electron chi connectivity index (χ0n) is 15.3. The number of benzene rings is 1. The number of carbonyl (C=O) groups excluding carboxylic acids is 2. The molecule has 0 saturated carbocycles. The summed E-state index contributed by atoms with van der Waals surface area (Å²) in [6, 6.07) is 5.40. The minimum absolute atomic E-state index is 0.225. The molecule has 1 fully saturated rings. The van der Waals surface area contributed by atoms with Crippen LogP contribution in [0.1, 0.15) is 19.4 Å². The summed E-state index contributed by atoms with van der Waals surface area (Å²) in [5, 5.41) is 0.246. The number of likely N-dealkylation sites (N-methyl/N-ethyl adjacent to an activating group) is 1. The van der Waals surface area contributed by atoms with Crippen LogP contribution in [0, 0.1) is 0 Å². The van der Waals surface area contributed by atoms with Gasteiger partial charge in [-0.05, 0) is 44.3 Å². The molecular weight excluding hydrogens is 356 g/mol. The molecule has 2 rings (SSSR count). The molecule has 8 heteroatoms. The first-order chi connectivity index (χ1) is 12.4. The van der Waals surface area contributed by atoms with Gasteiger partial charge in [0, 0.05) is 18.7 Å². The van der Waals surface area contributed by atoms with E-state index in [1.54, 1.807) is 24.1 Å². The van der Waals surface area contributed by atoms with Crippen molar-refractivity contribution in [2.45, 2.75) is 13.8 Å². The Kier molecular flexibility index (Phi) is 6.57. The van der Waals surface area contributed by atoms with Gasteiger partial charge in [-0.1, -0.05) is 0 Å². The van der Waals surface area contributed by atoms with Crippen LogP contribution in [-0.2, 0) is 14.3 Å². The molecule has 0 bridgehead atoms. The van der Waals surface area contributed by atoms with Crippen LogP contribution in [0.2, 0.25) is 0 Å². The van der Waals surface area contributed by atoms with Crippen molar-refractivity contribution < 1.29 is 23.8 Å². The highest BCUT2D eigenvalue weighted by molar-refractivity contribution is 7.80. The van der Waals surface area contributed by atoms with Crippen LogP contribution in [0.4, 0.5) is 0 Å². The van der Waals surface area contributed by atoms with Crippen LogP contribution in [0.25, 0.3) is 6.08 Å². The maximum atomic E-state index is 12.7. The van der Waals surface area contributed by atoms with Gasteiger partial charge in [0.2, 0.25) is 0 Å². The summed E-state index contributed by atoms with van der Waals surface area (Å²) in [6.07, 6.45) is 1.69. The van der Waals surface area contributed by atoms with Crippen LogP contribution < -0.4 is 9.47 Å². The van der Waals surface area contributed by atoms with Gasteiger partial charge in [-0.25, -0.2) is 0 Å². The number of amides is 1. The zero-order valence-corrected chi connectivity index (χ0v) is 16.1. The molecule has 0 aromatic heterocycles. The van der Waals surface area contributed by atoms with Gasteiger partial charge in [0.15, 0.2) is 5.11 Å². The summed E-state index contributed by atoms with van der Waals surface area (Å²) in [4.78, 5) is 27.0. The van der Waals surface area contributed by atoms with Crippen molar-refractivity contribution >= 4 is 35.3 Å². The van der Waals surface area contributed by atoms with E-state index in [1.807, 2.05) is 26.0 Å². The molecule has 1 aromatic rings. The summed E-state index contributed by atoms with van der Waals surface area (Å²) in [5.74, 6) is 0.391.